The molecule has 0 aromatic heterocycles. The molecular weight excluding hydrogens is 396 g/mol. The highest BCUT2D eigenvalue weighted by molar-refractivity contribution is 6.15. The molecule has 0 spiro atoms. The number of esters is 1. The SMILES string of the molecule is Cc1ccc(C)c(C(=O)c2ccccc2C(=O)OCC(=O)N2CCC[C@H](C(N)=O)C2)c1. The monoisotopic (exact) mass is 422 g/mol. The van der Waals surface area contributed by atoms with E-state index in [9.17, 15) is 19.2 Å². The molecule has 2 aromatic rings. The molecule has 3 rings (SSSR count). The van der Waals surface area contributed by atoms with Crippen molar-refractivity contribution in [2.75, 3.05) is 19.7 Å². The summed E-state index contributed by atoms with van der Waals surface area (Å²) in [6, 6.07) is 12.0. The van der Waals surface area contributed by atoms with Gasteiger partial charge < -0.3 is 15.4 Å². The van der Waals surface area contributed by atoms with E-state index >= 15 is 0 Å². The summed E-state index contributed by atoms with van der Waals surface area (Å²) < 4.78 is 5.22. The fourth-order valence-electron chi connectivity index (χ4n) is 3.72. The number of benzene rings is 2. The van der Waals surface area contributed by atoms with Crippen LogP contribution in [0.3, 0.4) is 0 Å². The highest BCUT2D eigenvalue weighted by Crippen LogP contribution is 2.20. The van der Waals surface area contributed by atoms with E-state index in [0.29, 0.717) is 24.9 Å². The van der Waals surface area contributed by atoms with E-state index in [4.69, 9.17) is 10.5 Å². The number of aryl methyl sites for hydroxylation is 2. The van der Waals surface area contributed by atoms with E-state index < -0.39 is 24.4 Å². The summed E-state index contributed by atoms with van der Waals surface area (Å²) in [6.07, 6.45) is 1.31. The van der Waals surface area contributed by atoms with Gasteiger partial charge in [-0.25, -0.2) is 4.79 Å². The number of hydrogen-bond acceptors (Lipinski definition) is 5. The maximum Gasteiger partial charge on any atom is 0.339 e. The molecule has 1 fully saturated rings. The zero-order valence-corrected chi connectivity index (χ0v) is 17.7. The minimum absolute atomic E-state index is 0.106. The van der Waals surface area contributed by atoms with Crippen molar-refractivity contribution in [1.29, 1.82) is 0 Å². The Bertz CT molecular complexity index is 1030. The van der Waals surface area contributed by atoms with Gasteiger partial charge >= 0.3 is 5.97 Å². The van der Waals surface area contributed by atoms with Crippen molar-refractivity contribution in [3.8, 4) is 0 Å². The van der Waals surface area contributed by atoms with Crippen LogP contribution in [0.2, 0.25) is 0 Å². The largest absolute Gasteiger partial charge is 0.452 e. The molecule has 0 aliphatic carbocycles. The van der Waals surface area contributed by atoms with Gasteiger partial charge in [-0.15, -0.1) is 0 Å². The number of nitrogens with zero attached hydrogens (tertiary/aromatic N) is 1. The lowest BCUT2D eigenvalue weighted by molar-refractivity contribution is -0.137. The van der Waals surface area contributed by atoms with Gasteiger partial charge in [0.2, 0.25) is 5.91 Å². The molecule has 0 unspecified atom stereocenters. The van der Waals surface area contributed by atoms with Crippen molar-refractivity contribution in [1.82, 2.24) is 4.90 Å². The van der Waals surface area contributed by atoms with Crippen molar-refractivity contribution in [3.05, 3.63) is 70.3 Å². The Kier molecular flexibility index (Phi) is 6.84. The molecule has 1 aliphatic heterocycles. The highest BCUT2D eigenvalue weighted by atomic mass is 16.5. The summed E-state index contributed by atoms with van der Waals surface area (Å²) in [5, 5.41) is 0. The summed E-state index contributed by atoms with van der Waals surface area (Å²) in [4.78, 5) is 51.1. The van der Waals surface area contributed by atoms with E-state index in [-0.39, 0.29) is 29.4 Å². The molecule has 0 saturated carbocycles. The van der Waals surface area contributed by atoms with E-state index in [1.807, 2.05) is 26.0 Å². The first kappa shape index (κ1) is 22.2. The molecule has 0 bridgehead atoms. The standard InChI is InChI=1S/C24H26N2O5/c1-15-9-10-16(2)20(12-15)22(28)18-7-3-4-8-19(18)24(30)31-14-21(27)26-11-5-6-17(13-26)23(25)29/h3-4,7-10,12,17H,5-6,11,13-14H2,1-2H3,(H2,25,29)/t17-/m0/s1. The third-order valence-electron chi connectivity index (χ3n) is 5.53. The number of primary amides is 1. The average Bonchev–Trinajstić information content (AvgIpc) is 2.78. The van der Waals surface area contributed by atoms with Crippen LogP contribution >= 0.6 is 0 Å². The Morgan fingerprint density at radius 2 is 1.74 bits per heavy atom. The van der Waals surface area contributed by atoms with Crippen molar-refractivity contribution < 1.29 is 23.9 Å². The number of carbonyl (C=O) groups is 4. The van der Waals surface area contributed by atoms with Crippen LogP contribution in [0.1, 0.15) is 50.2 Å². The van der Waals surface area contributed by atoms with Crippen LogP contribution in [0.4, 0.5) is 0 Å². The Morgan fingerprint density at radius 1 is 1.03 bits per heavy atom. The van der Waals surface area contributed by atoms with Crippen LogP contribution in [-0.2, 0) is 14.3 Å². The fraction of sp³-hybridized carbons (Fsp3) is 0.333. The van der Waals surface area contributed by atoms with Crippen LogP contribution in [0, 0.1) is 19.8 Å². The number of ether oxygens (including phenoxy) is 1. The molecule has 7 nitrogen and oxygen atoms in total. The third kappa shape index (κ3) is 5.17. The van der Waals surface area contributed by atoms with Crippen molar-refractivity contribution in [2.45, 2.75) is 26.7 Å². The lowest BCUT2D eigenvalue weighted by Crippen LogP contribution is -2.45. The molecule has 0 radical (unpaired) electrons. The molecular formula is C24H26N2O5. The normalized spacial score (nSPS) is 15.9. The van der Waals surface area contributed by atoms with E-state index in [1.54, 1.807) is 24.3 Å². The summed E-state index contributed by atoms with van der Waals surface area (Å²) in [5.74, 6) is -2.23. The predicted molar refractivity (Wildman–Crippen MR) is 115 cm³/mol. The molecule has 7 heteroatoms. The molecule has 1 heterocycles. The summed E-state index contributed by atoms with van der Waals surface area (Å²) in [7, 11) is 0. The van der Waals surface area contributed by atoms with Crippen molar-refractivity contribution in [2.24, 2.45) is 11.7 Å². The second kappa shape index (κ2) is 9.55. The molecule has 1 aliphatic rings. The van der Waals surface area contributed by atoms with E-state index in [0.717, 1.165) is 11.1 Å². The zero-order chi connectivity index (χ0) is 22.5. The fourth-order valence-corrected chi connectivity index (χ4v) is 3.72. The van der Waals surface area contributed by atoms with Gasteiger partial charge in [0, 0.05) is 24.2 Å². The quantitative estimate of drug-likeness (QED) is 0.568. The van der Waals surface area contributed by atoms with Gasteiger partial charge in [0.25, 0.3) is 5.91 Å². The Morgan fingerprint density at radius 3 is 2.45 bits per heavy atom. The number of likely N-dealkylation sites (tertiary alicyclic amines) is 1. The number of rotatable bonds is 6. The molecule has 1 atom stereocenters. The molecule has 1 saturated heterocycles. The topological polar surface area (TPSA) is 107 Å². The maximum atomic E-state index is 13.1. The molecule has 162 valence electrons. The second-order valence-electron chi connectivity index (χ2n) is 7.85. The minimum Gasteiger partial charge on any atom is -0.452 e. The number of hydrogen-bond donors (Lipinski definition) is 1. The first-order valence-electron chi connectivity index (χ1n) is 10.2. The number of amides is 2. The van der Waals surface area contributed by atoms with Gasteiger partial charge in [-0.2, -0.15) is 0 Å². The van der Waals surface area contributed by atoms with Crippen LogP contribution in [-0.4, -0.2) is 48.2 Å². The van der Waals surface area contributed by atoms with Crippen LogP contribution in [0.25, 0.3) is 0 Å². The minimum atomic E-state index is -0.744. The van der Waals surface area contributed by atoms with Gasteiger partial charge in [-0.05, 0) is 44.4 Å². The van der Waals surface area contributed by atoms with Gasteiger partial charge in [0.1, 0.15) is 0 Å². The van der Waals surface area contributed by atoms with Gasteiger partial charge in [0.05, 0.1) is 11.5 Å². The van der Waals surface area contributed by atoms with Gasteiger partial charge in [0.15, 0.2) is 12.4 Å². The first-order valence-corrected chi connectivity index (χ1v) is 10.2. The van der Waals surface area contributed by atoms with Crippen molar-refractivity contribution >= 4 is 23.6 Å². The van der Waals surface area contributed by atoms with Crippen LogP contribution in [0.5, 0.6) is 0 Å². The molecule has 2 amide bonds. The lowest BCUT2D eigenvalue weighted by atomic mass is 9.94. The van der Waals surface area contributed by atoms with E-state index in [2.05, 4.69) is 0 Å². The summed E-state index contributed by atoms with van der Waals surface area (Å²) in [5.41, 5.74) is 7.94. The smallest absolute Gasteiger partial charge is 0.339 e. The van der Waals surface area contributed by atoms with Crippen LogP contribution < -0.4 is 5.73 Å². The lowest BCUT2D eigenvalue weighted by Gasteiger charge is -2.31. The molecule has 2 N–H and O–H groups in total. The molecule has 2 aromatic carbocycles. The summed E-state index contributed by atoms with van der Waals surface area (Å²) in [6.45, 7) is 3.99. The zero-order valence-electron chi connectivity index (χ0n) is 17.7. The number of carbonyl (C=O) groups excluding carboxylic acids is 4. The Hall–Kier alpha value is -3.48. The Balaban J connectivity index is 1.72. The number of ketones is 1. The van der Waals surface area contributed by atoms with Crippen LogP contribution in [0.15, 0.2) is 42.5 Å². The third-order valence-corrected chi connectivity index (χ3v) is 5.53. The highest BCUT2D eigenvalue weighted by Gasteiger charge is 2.28. The maximum absolute atomic E-state index is 13.1. The predicted octanol–water partition coefficient (Wildman–Crippen LogP) is 2.42. The number of nitrogens with two attached hydrogens (primary N) is 1. The summed E-state index contributed by atoms with van der Waals surface area (Å²) >= 11 is 0. The van der Waals surface area contributed by atoms with Crippen molar-refractivity contribution in [3.63, 3.8) is 0 Å². The van der Waals surface area contributed by atoms with E-state index in [1.165, 1.54) is 11.0 Å². The van der Waals surface area contributed by atoms with Gasteiger partial charge in [-0.3, -0.25) is 14.4 Å². The first-order chi connectivity index (χ1) is 14.8. The Labute approximate surface area is 181 Å². The van der Waals surface area contributed by atoms with Gasteiger partial charge in [-0.1, -0.05) is 35.9 Å². The average molecular weight is 422 g/mol. The number of piperidine rings is 1. The molecule has 31 heavy (non-hydrogen) atoms. The second-order valence-corrected chi connectivity index (χ2v) is 7.85.